The van der Waals surface area contributed by atoms with Crippen LogP contribution in [0.4, 0.5) is 13.2 Å². The Balaban J connectivity index is 2.01. The molecule has 0 unspecified atom stereocenters. The molecule has 20 heavy (non-hydrogen) atoms. The molecule has 1 aliphatic carbocycles. The lowest BCUT2D eigenvalue weighted by Crippen LogP contribution is -2.45. The van der Waals surface area contributed by atoms with Gasteiger partial charge in [-0.3, -0.25) is 0 Å². The summed E-state index contributed by atoms with van der Waals surface area (Å²) in [5, 5.41) is 11.0. The lowest BCUT2D eigenvalue weighted by atomic mass is 9.84. The number of nitrogens with one attached hydrogen (secondary N) is 1. The zero-order valence-corrected chi connectivity index (χ0v) is 11.9. The number of halogens is 3. The van der Waals surface area contributed by atoms with Gasteiger partial charge in [-0.15, -0.1) is 10.2 Å². The van der Waals surface area contributed by atoms with E-state index in [0.29, 0.717) is 25.2 Å². The minimum atomic E-state index is -4.12. The van der Waals surface area contributed by atoms with Crippen LogP contribution in [-0.4, -0.2) is 27.0 Å². The largest absolute Gasteiger partial charge is 0.393 e. The van der Waals surface area contributed by atoms with Gasteiger partial charge in [0, 0.05) is 12.6 Å². The average molecular weight is 290 g/mol. The third-order valence-corrected chi connectivity index (χ3v) is 4.04. The number of hydrogen-bond donors (Lipinski definition) is 1. The van der Waals surface area contributed by atoms with Crippen molar-refractivity contribution in [3.8, 4) is 0 Å². The predicted molar refractivity (Wildman–Crippen MR) is 69.1 cm³/mol. The summed E-state index contributed by atoms with van der Waals surface area (Å²) >= 11 is 0. The van der Waals surface area contributed by atoms with Crippen molar-refractivity contribution < 1.29 is 13.2 Å². The van der Waals surface area contributed by atoms with Gasteiger partial charge < -0.3 is 9.88 Å². The van der Waals surface area contributed by atoms with Gasteiger partial charge in [-0.2, -0.15) is 13.2 Å². The lowest BCUT2D eigenvalue weighted by Gasteiger charge is -2.33. The first kappa shape index (κ1) is 15.3. The van der Waals surface area contributed by atoms with E-state index in [0.717, 1.165) is 18.8 Å². The molecule has 4 nitrogen and oxygen atoms in total. The van der Waals surface area contributed by atoms with Crippen LogP contribution in [0.2, 0.25) is 0 Å². The first-order chi connectivity index (χ1) is 9.43. The molecule has 0 bridgehead atoms. The maximum Gasteiger partial charge on any atom is 0.393 e. The van der Waals surface area contributed by atoms with Crippen LogP contribution in [0.1, 0.15) is 44.3 Å². The Labute approximate surface area is 116 Å². The summed E-state index contributed by atoms with van der Waals surface area (Å²) in [5.74, 6) is 0.257. The summed E-state index contributed by atoms with van der Waals surface area (Å²) < 4.78 is 40.9. The van der Waals surface area contributed by atoms with E-state index < -0.39 is 18.1 Å². The van der Waals surface area contributed by atoms with Crippen LogP contribution in [0.15, 0.2) is 0 Å². The number of nitrogens with zero attached hydrogens (tertiary/aromatic N) is 3. The number of alkyl halides is 3. The zero-order valence-electron chi connectivity index (χ0n) is 11.9. The second-order valence-electron chi connectivity index (χ2n) is 5.33. The van der Waals surface area contributed by atoms with Gasteiger partial charge >= 0.3 is 6.18 Å². The molecule has 1 heterocycles. The Morgan fingerprint density at radius 3 is 2.60 bits per heavy atom. The zero-order chi connectivity index (χ0) is 14.8. The van der Waals surface area contributed by atoms with Crippen molar-refractivity contribution in [2.75, 3.05) is 0 Å². The molecular weight excluding hydrogens is 269 g/mol. The molecule has 0 saturated heterocycles. The van der Waals surface area contributed by atoms with E-state index >= 15 is 0 Å². The van der Waals surface area contributed by atoms with Gasteiger partial charge in [0.15, 0.2) is 0 Å². The minimum Gasteiger partial charge on any atom is -0.314 e. The molecule has 0 radical (unpaired) electrons. The minimum absolute atomic E-state index is 0.223. The summed E-state index contributed by atoms with van der Waals surface area (Å²) in [6.07, 6.45) is -1.81. The highest BCUT2D eigenvalue weighted by atomic mass is 19.4. The maximum absolute atomic E-state index is 13.0. The molecule has 7 heteroatoms. The van der Waals surface area contributed by atoms with Crippen molar-refractivity contribution in [2.45, 2.75) is 64.8 Å². The highest BCUT2D eigenvalue weighted by molar-refractivity contribution is 4.95. The highest BCUT2D eigenvalue weighted by Crippen LogP contribution is 2.37. The number of rotatable bonds is 4. The molecule has 2 atom stereocenters. The van der Waals surface area contributed by atoms with E-state index in [1.165, 1.54) is 0 Å². The number of aryl methyl sites for hydroxylation is 1. The standard InChI is InChI=1S/C13H21F3N4/c1-3-20-9(2)18-19-12(20)8-17-11-7-5-4-6-10(11)13(14,15)16/h10-11,17H,3-8H2,1-2H3/t10-,11+/m0/s1. The van der Waals surface area contributed by atoms with Gasteiger partial charge in [-0.05, 0) is 26.7 Å². The van der Waals surface area contributed by atoms with Crippen LogP contribution in [0.25, 0.3) is 0 Å². The molecule has 0 amide bonds. The van der Waals surface area contributed by atoms with Crippen molar-refractivity contribution in [3.63, 3.8) is 0 Å². The summed E-state index contributed by atoms with van der Waals surface area (Å²) in [4.78, 5) is 0. The molecule has 1 aromatic heterocycles. The molecule has 1 aromatic rings. The molecule has 0 spiro atoms. The normalized spacial score (nSPS) is 24.1. The van der Waals surface area contributed by atoms with Crippen molar-refractivity contribution >= 4 is 0 Å². The molecule has 1 aliphatic rings. The first-order valence-electron chi connectivity index (χ1n) is 7.12. The smallest absolute Gasteiger partial charge is 0.314 e. The van der Waals surface area contributed by atoms with Crippen LogP contribution in [-0.2, 0) is 13.1 Å². The molecule has 0 aliphatic heterocycles. The van der Waals surface area contributed by atoms with E-state index in [9.17, 15) is 13.2 Å². The van der Waals surface area contributed by atoms with Gasteiger partial charge in [0.05, 0.1) is 12.5 Å². The SMILES string of the molecule is CCn1c(C)nnc1CN[C@@H]1CCCC[C@@H]1C(F)(F)F. The second kappa shape index (κ2) is 6.11. The lowest BCUT2D eigenvalue weighted by molar-refractivity contribution is -0.189. The first-order valence-corrected chi connectivity index (χ1v) is 7.12. The third-order valence-electron chi connectivity index (χ3n) is 4.04. The van der Waals surface area contributed by atoms with E-state index in [2.05, 4.69) is 15.5 Å². The molecule has 1 saturated carbocycles. The Morgan fingerprint density at radius 2 is 1.95 bits per heavy atom. The Hall–Kier alpha value is -1.11. The van der Waals surface area contributed by atoms with Crippen LogP contribution in [0.3, 0.4) is 0 Å². The monoisotopic (exact) mass is 290 g/mol. The van der Waals surface area contributed by atoms with Crippen molar-refractivity contribution in [1.29, 1.82) is 0 Å². The highest BCUT2D eigenvalue weighted by Gasteiger charge is 2.45. The van der Waals surface area contributed by atoms with E-state index in [1.54, 1.807) is 0 Å². The molecule has 0 aromatic carbocycles. The molecule has 114 valence electrons. The fourth-order valence-electron chi connectivity index (χ4n) is 2.96. The van der Waals surface area contributed by atoms with Crippen LogP contribution in [0.5, 0.6) is 0 Å². The Kier molecular flexibility index (Phi) is 4.67. The quantitative estimate of drug-likeness (QED) is 0.927. The van der Waals surface area contributed by atoms with E-state index in [1.807, 2.05) is 18.4 Å². The summed E-state index contributed by atoms with van der Waals surface area (Å²) in [7, 11) is 0. The number of aromatic nitrogens is 3. The van der Waals surface area contributed by atoms with Gasteiger partial charge in [-0.1, -0.05) is 12.8 Å². The van der Waals surface area contributed by atoms with Crippen molar-refractivity contribution in [1.82, 2.24) is 20.1 Å². The van der Waals surface area contributed by atoms with Crippen molar-refractivity contribution in [3.05, 3.63) is 11.6 Å². The molecule has 1 N–H and O–H groups in total. The summed E-state index contributed by atoms with van der Waals surface area (Å²) in [6.45, 7) is 4.88. The summed E-state index contributed by atoms with van der Waals surface area (Å²) in [6, 6.07) is -0.508. The topological polar surface area (TPSA) is 42.7 Å². The molecular formula is C13H21F3N4. The Morgan fingerprint density at radius 1 is 1.25 bits per heavy atom. The van der Waals surface area contributed by atoms with Crippen LogP contribution >= 0.6 is 0 Å². The van der Waals surface area contributed by atoms with Gasteiger partial charge in [0.1, 0.15) is 11.6 Å². The maximum atomic E-state index is 13.0. The molecule has 2 rings (SSSR count). The molecule has 1 fully saturated rings. The number of hydrogen-bond acceptors (Lipinski definition) is 3. The van der Waals surface area contributed by atoms with E-state index in [4.69, 9.17) is 0 Å². The van der Waals surface area contributed by atoms with E-state index in [-0.39, 0.29) is 6.42 Å². The predicted octanol–water partition coefficient (Wildman–Crippen LogP) is 2.82. The van der Waals surface area contributed by atoms with Gasteiger partial charge in [-0.25, -0.2) is 0 Å². The second-order valence-corrected chi connectivity index (χ2v) is 5.33. The summed E-state index contributed by atoms with van der Waals surface area (Å²) in [5.41, 5.74) is 0. The third kappa shape index (κ3) is 3.31. The van der Waals surface area contributed by atoms with Crippen molar-refractivity contribution in [2.24, 2.45) is 5.92 Å². The van der Waals surface area contributed by atoms with Gasteiger partial charge in [0.25, 0.3) is 0 Å². The fourth-order valence-corrected chi connectivity index (χ4v) is 2.96. The fraction of sp³-hybridized carbons (Fsp3) is 0.846. The Bertz CT molecular complexity index is 441. The van der Waals surface area contributed by atoms with Crippen LogP contribution in [0, 0.1) is 12.8 Å². The van der Waals surface area contributed by atoms with Gasteiger partial charge in [0.2, 0.25) is 0 Å². The van der Waals surface area contributed by atoms with Crippen LogP contribution < -0.4 is 5.32 Å². The average Bonchev–Trinajstić information content (AvgIpc) is 2.76.